The molecule has 0 unspecified atom stereocenters. The average Bonchev–Trinajstić information content (AvgIpc) is 2.75. The molecule has 1 aromatic carbocycles. The van der Waals surface area contributed by atoms with Gasteiger partial charge in [-0.2, -0.15) is 0 Å². The van der Waals surface area contributed by atoms with Crippen LogP contribution in [0.4, 0.5) is 0 Å². The minimum atomic E-state index is -1.06. The van der Waals surface area contributed by atoms with Crippen molar-refractivity contribution in [3.63, 3.8) is 0 Å². The molecule has 0 spiro atoms. The monoisotopic (exact) mass is 308 g/mol. The van der Waals surface area contributed by atoms with Crippen molar-refractivity contribution in [2.45, 2.75) is 6.92 Å². The van der Waals surface area contributed by atoms with Crippen molar-refractivity contribution < 1.29 is 14.3 Å². The van der Waals surface area contributed by atoms with E-state index < -0.39 is 5.97 Å². The maximum atomic E-state index is 10.4. The Bertz CT molecular complexity index is 620. The molecule has 0 bridgehead atoms. The van der Waals surface area contributed by atoms with Crippen LogP contribution < -0.4 is 0 Å². The molecule has 0 amide bonds. The quantitative estimate of drug-likeness (QED) is 0.882. The van der Waals surface area contributed by atoms with Crippen LogP contribution in [-0.2, 0) is 4.79 Å². The van der Waals surface area contributed by atoms with E-state index in [9.17, 15) is 4.79 Å². The first-order chi connectivity index (χ1) is 8.56. The van der Waals surface area contributed by atoms with Gasteiger partial charge in [0.15, 0.2) is 0 Å². The highest BCUT2D eigenvalue weighted by Gasteiger charge is 2.10. The third-order valence-electron chi connectivity index (χ3n) is 2.16. The van der Waals surface area contributed by atoms with Crippen molar-refractivity contribution >= 4 is 28.0 Å². The number of carboxylic acids is 1. The Morgan fingerprint density at radius 3 is 2.89 bits per heavy atom. The molecule has 1 aromatic heterocycles. The fraction of sp³-hybridized carbons (Fsp3) is 0.0833. The van der Waals surface area contributed by atoms with Gasteiger partial charge in [-0.05, 0) is 40.5 Å². The van der Waals surface area contributed by atoms with Crippen molar-refractivity contribution in [2.24, 2.45) is 0 Å². The van der Waals surface area contributed by atoms with E-state index in [1.54, 1.807) is 0 Å². The number of hydrogen-bond acceptors (Lipinski definition) is 4. The molecule has 0 aliphatic carbocycles. The molecule has 0 saturated heterocycles. The first-order valence-electron chi connectivity index (χ1n) is 5.07. The Morgan fingerprint density at radius 2 is 2.22 bits per heavy atom. The van der Waals surface area contributed by atoms with Crippen LogP contribution in [0.1, 0.15) is 11.5 Å². The van der Waals surface area contributed by atoms with E-state index in [-0.39, 0.29) is 5.89 Å². The Labute approximate surface area is 111 Å². The Hall–Kier alpha value is -1.95. The van der Waals surface area contributed by atoms with E-state index in [4.69, 9.17) is 9.52 Å². The summed E-state index contributed by atoms with van der Waals surface area (Å²) < 4.78 is 6.19. The lowest BCUT2D eigenvalue weighted by Crippen LogP contribution is -1.85. The molecular formula is C12H9BrN2O3. The highest BCUT2D eigenvalue weighted by atomic mass is 79.9. The first-order valence-corrected chi connectivity index (χ1v) is 5.86. The molecule has 2 rings (SSSR count). The molecular weight excluding hydrogens is 300 g/mol. The smallest absolute Gasteiger partial charge is 0.328 e. The summed E-state index contributed by atoms with van der Waals surface area (Å²) in [7, 11) is 0. The molecule has 2 aromatic rings. The summed E-state index contributed by atoms with van der Waals surface area (Å²) in [5.41, 5.74) is 1.87. The summed E-state index contributed by atoms with van der Waals surface area (Å²) in [5, 5.41) is 16.1. The Kier molecular flexibility index (Phi) is 3.57. The molecule has 0 saturated carbocycles. The molecule has 6 heteroatoms. The summed E-state index contributed by atoms with van der Waals surface area (Å²) in [6.07, 6.45) is 2.20. The largest absolute Gasteiger partial charge is 0.478 e. The molecule has 18 heavy (non-hydrogen) atoms. The number of carbonyl (C=O) groups is 1. The van der Waals surface area contributed by atoms with Crippen molar-refractivity contribution in [3.8, 4) is 11.5 Å². The van der Waals surface area contributed by atoms with Gasteiger partial charge >= 0.3 is 5.97 Å². The fourth-order valence-electron chi connectivity index (χ4n) is 1.35. The number of nitrogens with zero attached hydrogens (tertiary/aromatic N) is 2. The predicted molar refractivity (Wildman–Crippen MR) is 68.8 cm³/mol. The zero-order chi connectivity index (χ0) is 13.1. The summed E-state index contributed by atoms with van der Waals surface area (Å²) in [4.78, 5) is 10.4. The predicted octanol–water partition coefficient (Wildman–Crippen LogP) is 2.91. The van der Waals surface area contributed by atoms with Gasteiger partial charge in [0.25, 0.3) is 0 Å². The van der Waals surface area contributed by atoms with Crippen LogP contribution in [0.25, 0.3) is 17.5 Å². The Morgan fingerprint density at radius 1 is 1.44 bits per heavy atom. The minimum Gasteiger partial charge on any atom is -0.478 e. The van der Waals surface area contributed by atoms with E-state index >= 15 is 0 Å². The zero-order valence-corrected chi connectivity index (χ0v) is 11.0. The van der Waals surface area contributed by atoms with Crippen LogP contribution in [0.3, 0.4) is 0 Å². The van der Waals surface area contributed by atoms with E-state index in [0.717, 1.165) is 21.7 Å². The molecule has 0 fully saturated rings. The van der Waals surface area contributed by atoms with Crippen LogP contribution in [-0.4, -0.2) is 21.3 Å². The van der Waals surface area contributed by atoms with Crippen LogP contribution in [0, 0.1) is 6.92 Å². The molecule has 92 valence electrons. The van der Waals surface area contributed by atoms with Crippen LogP contribution in [0.5, 0.6) is 0 Å². The van der Waals surface area contributed by atoms with Gasteiger partial charge in [-0.1, -0.05) is 6.07 Å². The zero-order valence-electron chi connectivity index (χ0n) is 9.42. The lowest BCUT2D eigenvalue weighted by Gasteiger charge is -1.99. The second-order valence-corrected chi connectivity index (χ2v) is 4.45. The first kappa shape index (κ1) is 12.5. The lowest BCUT2D eigenvalue weighted by molar-refractivity contribution is -0.131. The van der Waals surface area contributed by atoms with E-state index in [2.05, 4.69) is 26.1 Å². The standard InChI is InChI=1S/C12H9BrN2O3/c1-7-2-3-8(9(13)6-7)12-15-14-10(18-12)4-5-11(16)17/h2-6H,1H3,(H,16,17)/b5-4+. The lowest BCUT2D eigenvalue weighted by atomic mass is 10.1. The average molecular weight is 309 g/mol. The molecule has 5 nitrogen and oxygen atoms in total. The van der Waals surface area contributed by atoms with Crippen molar-refractivity contribution in [3.05, 3.63) is 40.2 Å². The highest BCUT2D eigenvalue weighted by molar-refractivity contribution is 9.10. The van der Waals surface area contributed by atoms with Gasteiger partial charge in [-0.3, -0.25) is 0 Å². The van der Waals surface area contributed by atoms with Gasteiger partial charge < -0.3 is 9.52 Å². The third-order valence-corrected chi connectivity index (χ3v) is 2.82. The summed E-state index contributed by atoms with van der Waals surface area (Å²) in [6, 6.07) is 5.72. The minimum absolute atomic E-state index is 0.153. The van der Waals surface area contributed by atoms with Crippen molar-refractivity contribution in [1.29, 1.82) is 0 Å². The second-order valence-electron chi connectivity index (χ2n) is 3.60. The van der Waals surface area contributed by atoms with E-state index in [1.807, 2.05) is 25.1 Å². The number of benzene rings is 1. The number of hydrogen-bond donors (Lipinski definition) is 1. The molecule has 0 aliphatic heterocycles. The van der Waals surface area contributed by atoms with Gasteiger partial charge in [0.05, 0.1) is 5.56 Å². The van der Waals surface area contributed by atoms with Gasteiger partial charge in [0.1, 0.15) is 0 Å². The van der Waals surface area contributed by atoms with Crippen molar-refractivity contribution in [2.75, 3.05) is 0 Å². The van der Waals surface area contributed by atoms with Gasteiger partial charge in [-0.15, -0.1) is 10.2 Å². The number of aliphatic carboxylic acids is 1. The molecule has 0 aliphatic rings. The maximum Gasteiger partial charge on any atom is 0.328 e. The third kappa shape index (κ3) is 2.84. The van der Waals surface area contributed by atoms with Gasteiger partial charge in [0, 0.05) is 16.6 Å². The molecule has 0 radical (unpaired) electrons. The van der Waals surface area contributed by atoms with E-state index in [1.165, 1.54) is 6.08 Å². The summed E-state index contributed by atoms with van der Waals surface area (Å²) in [6.45, 7) is 1.98. The number of halogens is 1. The molecule has 1 N–H and O–H groups in total. The fourth-order valence-corrected chi connectivity index (χ4v) is 2.01. The summed E-state index contributed by atoms with van der Waals surface area (Å²) in [5.74, 6) is -0.571. The highest BCUT2D eigenvalue weighted by Crippen LogP contribution is 2.28. The normalized spacial score (nSPS) is 11.0. The van der Waals surface area contributed by atoms with Crippen LogP contribution in [0.2, 0.25) is 0 Å². The van der Waals surface area contributed by atoms with Crippen LogP contribution in [0.15, 0.2) is 33.2 Å². The van der Waals surface area contributed by atoms with Crippen LogP contribution >= 0.6 is 15.9 Å². The van der Waals surface area contributed by atoms with Crippen molar-refractivity contribution in [1.82, 2.24) is 10.2 Å². The van der Waals surface area contributed by atoms with E-state index in [0.29, 0.717) is 5.89 Å². The number of carboxylic acid groups (broad SMARTS) is 1. The van der Waals surface area contributed by atoms with Gasteiger partial charge in [-0.25, -0.2) is 4.79 Å². The number of aromatic nitrogens is 2. The number of rotatable bonds is 3. The maximum absolute atomic E-state index is 10.4. The second kappa shape index (κ2) is 5.14. The Balaban J connectivity index is 2.32. The van der Waals surface area contributed by atoms with Gasteiger partial charge in [0.2, 0.25) is 11.8 Å². The molecule has 0 atom stereocenters. The number of aryl methyl sites for hydroxylation is 1. The summed E-state index contributed by atoms with van der Waals surface area (Å²) >= 11 is 3.42. The topological polar surface area (TPSA) is 76.2 Å². The SMILES string of the molecule is Cc1ccc(-c2nnc(/C=C/C(=O)O)o2)c(Br)c1. The molecule has 1 heterocycles.